The van der Waals surface area contributed by atoms with Crippen molar-refractivity contribution < 1.29 is 9.53 Å². The van der Waals surface area contributed by atoms with Gasteiger partial charge in [0.15, 0.2) is 0 Å². The van der Waals surface area contributed by atoms with E-state index in [9.17, 15) is 4.79 Å². The van der Waals surface area contributed by atoms with Crippen molar-refractivity contribution in [2.45, 2.75) is 44.7 Å². The number of piperidine rings is 1. The SMILES string of the molecule is CCOC(=O)N1CCC(Nc2nccc(NC3CC3)n2)CC1. The van der Waals surface area contributed by atoms with E-state index >= 15 is 0 Å². The van der Waals surface area contributed by atoms with E-state index in [1.807, 2.05) is 13.0 Å². The number of nitrogens with zero attached hydrogens (tertiary/aromatic N) is 3. The standard InChI is InChI=1S/C15H23N5O2/c1-2-22-15(21)20-9-6-12(7-10-20)18-14-16-8-5-13(19-14)17-11-3-4-11/h5,8,11-12H,2-4,6-7,9-10H2,1H3,(H2,16,17,18,19). The Morgan fingerprint density at radius 3 is 2.68 bits per heavy atom. The first-order valence-electron chi connectivity index (χ1n) is 8.02. The molecule has 2 aliphatic rings. The molecule has 1 aromatic rings. The Labute approximate surface area is 130 Å². The lowest BCUT2D eigenvalue weighted by molar-refractivity contribution is 0.0983. The Morgan fingerprint density at radius 1 is 1.27 bits per heavy atom. The van der Waals surface area contributed by atoms with Crippen LogP contribution in [0.5, 0.6) is 0 Å². The van der Waals surface area contributed by atoms with Gasteiger partial charge in [0.25, 0.3) is 0 Å². The maximum absolute atomic E-state index is 11.7. The second-order valence-corrected chi connectivity index (χ2v) is 5.79. The molecule has 7 nitrogen and oxygen atoms in total. The summed E-state index contributed by atoms with van der Waals surface area (Å²) in [5.74, 6) is 1.53. The molecule has 1 aliphatic carbocycles. The van der Waals surface area contributed by atoms with Gasteiger partial charge in [0.1, 0.15) is 5.82 Å². The van der Waals surface area contributed by atoms with Gasteiger partial charge in [-0.3, -0.25) is 0 Å². The predicted molar refractivity (Wildman–Crippen MR) is 83.9 cm³/mol. The first-order valence-corrected chi connectivity index (χ1v) is 8.02. The molecule has 1 saturated carbocycles. The molecule has 2 heterocycles. The van der Waals surface area contributed by atoms with E-state index in [-0.39, 0.29) is 6.09 Å². The normalized spacial score (nSPS) is 18.9. The maximum Gasteiger partial charge on any atom is 0.409 e. The quantitative estimate of drug-likeness (QED) is 0.867. The molecule has 0 bridgehead atoms. The molecule has 0 aromatic carbocycles. The van der Waals surface area contributed by atoms with Gasteiger partial charge in [0.05, 0.1) is 6.61 Å². The molecule has 2 fully saturated rings. The van der Waals surface area contributed by atoms with Crippen molar-refractivity contribution in [1.82, 2.24) is 14.9 Å². The summed E-state index contributed by atoms with van der Waals surface area (Å²) in [5.41, 5.74) is 0. The van der Waals surface area contributed by atoms with Gasteiger partial charge in [-0.15, -0.1) is 0 Å². The average Bonchev–Trinajstić information content (AvgIpc) is 3.32. The number of nitrogens with one attached hydrogen (secondary N) is 2. The van der Waals surface area contributed by atoms with Crippen LogP contribution >= 0.6 is 0 Å². The summed E-state index contributed by atoms with van der Waals surface area (Å²) >= 11 is 0. The second kappa shape index (κ2) is 6.81. The van der Waals surface area contributed by atoms with E-state index in [2.05, 4.69) is 20.6 Å². The first kappa shape index (κ1) is 14.9. The minimum absolute atomic E-state index is 0.215. The summed E-state index contributed by atoms with van der Waals surface area (Å²) < 4.78 is 5.03. The lowest BCUT2D eigenvalue weighted by Gasteiger charge is -2.31. The highest BCUT2D eigenvalue weighted by molar-refractivity contribution is 5.67. The molecule has 0 radical (unpaired) electrons. The first-order chi connectivity index (χ1) is 10.7. The summed E-state index contributed by atoms with van der Waals surface area (Å²) in [7, 11) is 0. The number of aromatic nitrogens is 2. The van der Waals surface area contributed by atoms with Gasteiger partial charge >= 0.3 is 6.09 Å². The summed E-state index contributed by atoms with van der Waals surface area (Å²) in [4.78, 5) is 22.2. The Hall–Kier alpha value is -2.05. The van der Waals surface area contributed by atoms with Crippen LogP contribution in [0, 0.1) is 0 Å². The third kappa shape index (κ3) is 3.99. The number of ether oxygens (including phenoxy) is 1. The molecule has 3 rings (SSSR count). The van der Waals surface area contributed by atoms with Gasteiger partial charge in [-0.2, -0.15) is 4.98 Å². The van der Waals surface area contributed by atoms with Crippen molar-refractivity contribution in [2.24, 2.45) is 0 Å². The molecular formula is C15H23N5O2. The molecule has 1 aromatic heterocycles. The summed E-state index contributed by atoms with van der Waals surface area (Å²) in [6, 6.07) is 2.77. The number of rotatable bonds is 5. The Balaban J connectivity index is 1.48. The van der Waals surface area contributed by atoms with Crippen molar-refractivity contribution >= 4 is 17.9 Å². The number of amides is 1. The van der Waals surface area contributed by atoms with Gasteiger partial charge in [0, 0.05) is 31.4 Å². The largest absolute Gasteiger partial charge is 0.450 e. The molecule has 1 amide bonds. The topological polar surface area (TPSA) is 79.4 Å². The minimum atomic E-state index is -0.215. The van der Waals surface area contributed by atoms with Crippen LogP contribution in [-0.2, 0) is 4.74 Å². The van der Waals surface area contributed by atoms with Gasteiger partial charge in [-0.05, 0) is 38.7 Å². The van der Waals surface area contributed by atoms with Crippen LogP contribution in [0.1, 0.15) is 32.6 Å². The molecular weight excluding hydrogens is 282 g/mol. The highest BCUT2D eigenvalue weighted by Gasteiger charge is 2.24. The molecule has 1 saturated heterocycles. The number of hydrogen-bond acceptors (Lipinski definition) is 6. The van der Waals surface area contributed by atoms with Gasteiger partial charge < -0.3 is 20.3 Å². The van der Waals surface area contributed by atoms with Crippen LogP contribution < -0.4 is 10.6 Å². The van der Waals surface area contributed by atoms with Crippen molar-refractivity contribution in [3.05, 3.63) is 12.3 Å². The molecule has 22 heavy (non-hydrogen) atoms. The summed E-state index contributed by atoms with van der Waals surface area (Å²) in [6.45, 7) is 3.66. The molecule has 0 atom stereocenters. The van der Waals surface area contributed by atoms with E-state index in [1.54, 1.807) is 11.1 Å². The summed E-state index contributed by atoms with van der Waals surface area (Å²) in [5, 5.41) is 6.73. The second-order valence-electron chi connectivity index (χ2n) is 5.79. The van der Waals surface area contributed by atoms with E-state index in [0.717, 1.165) is 18.7 Å². The van der Waals surface area contributed by atoms with Crippen LogP contribution in [0.3, 0.4) is 0 Å². The van der Waals surface area contributed by atoms with E-state index in [0.29, 0.717) is 37.7 Å². The van der Waals surface area contributed by atoms with Gasteiger partial charge in [-0.1, -0.05) is 0 Å². The van der Waals surface area contributed by atoms with Gasteiger partial charge in [-0.25, -0.2) is 9.78 Å². The third-order valence-corrected chi connectivity index (χ3v) is 3.94. The smallest absolute Gasteiger partial charge is 0.409 e. The number of likely N-dealkylation sites (tertiary alicyclic amines) is 1. The molecule has 2 N–H and O–H groups in total. The van der Waals surface area contributed by atoms with E-state index in [4.69, 9.17) is 4.74 Å². The van der Waals surface area contributed by atoms with Crippen molar-refractivity contribution in [3.63, 3.8) is 0 Å². The third-order valence-electron chi connectivity index (χ3n) is 3.94. The Kier molecular flexibility index (Phi) is 4.60. The van der Waals surface area contributed by atoms with Crippen LogP contribution in [0.4, 0.5) is 16.6 Å². The molecule has 0 spiro atoms. The zero-order valence-corrected chi connectivity index (χ0v) is 12.9. The zero-order chi connectivity index (χ0) is 15.4. The van der Waals surface area contributed by atoms with Crippen LogP contribution in [0.25, 0.3) is 0 Å². The van der Waals surface area contributed by atoms with Crippen LogP contribution in [0.15, 0.2) is 12.3 Å². The fourth-order valence-electron chi connectivity index (χ4n) is 2.55. The van der Waals surface area contributed by atoms with Gasteiger partial charge in [0.2, 0.25) is 5.95 Å². The highest BCUT2D eigenvalue weighted by atomic mass is 16.6. The molecule has 1 aliphatic heterocycles. The van der Waals surface area contributed by atoms with Crippen molar-refractivity contribution in [1.29, 1.82) is 0 Å². The zero-order valence-electron chi connectivity index (χ0n) is 12.9. The van der Waals surface area contributed by atoms with Crippen LogP contribution in [-0.4, -0.2) is 52.7 Å². The molecule has 120 valence electrons. The monoisotopic (exact) mass is 305 g/mol. The Bertz CT molecular complexity index is 512. The lowest BCUT2D eigenvalue weighted by atomic mass is 10.1. The fraction of sp³-hybridized carbons (Fsp3) is 0.667. The summed E-state index contributed by atoms with van der Waals surface area (Å²) in [6.07, 6.45) is 5.75. The number of hydrogen-bond donors (Lipinski definition) is 2. The van der Waals surface area contributed by atoms with Crippen LogP contribution in [0.2, 0.25) is 0 Å². The lowest BCUT2D eigenvalue weighted by Crippen LogP contribution is -2.42. The molecule has 0 unspecified atom stereocenters. The number of carbonyl (C=O) groups excluding carboxylic acids is 1. The van der Waals surface area contributed by atoms with E-state index < -0.39 is 0 Å². The van der Waals surface area contributed by atoms with Crippen molar-refractivity contribution in [3.8, 4) is 0 Å². The van der Waals surface area contributed by atoms with E-state index in [1.165, 1.54) is 12.8 Å². The maximum atomic E-state index is 11.7. The fourth-order valence-corrected chi connectivity index (χ4v) is 2.55. The Morgan fingerprint density at radius 2 is 2.00 bits per heavy atom. The minimum Gasteiger partial charge on any atom is -0.450 e. The highest BCUT2D eigenvalue weighted by Crippen LogP contribution is 2.24. The van der Waals surface area contributed by atoms with Crippen molar-refractivity contribution in [2.75, 3.05) is 30.3 Å². The average molecular weight is 305 g/mol. The number of anilines is 2. The number of carbonyl (C=O) groups is 1. The predicted octanol–water partition coefficient (Wildman–Crippen LogP) is 2.08. The molecule has 7 heteroatoms.